The van der Waals surface area contributed by atoms with Crippen molar-refractivity contribution in [1.29, 1.82) is 0 Å². The number of benzene rings is 1. The summed E-state index contributed by atoms with van der Waals surface area (Å²) in [7, 11) is 3.53. The van der Waals surface area contributed by atoms with Crippen molar-refractivity contribution in [3.8, 4) is 0 Å². The SMILES string of the molecule is CN(C)C(=O)Cc1ccc(Nc2cccnc2)cc1. The van der Waals surface area contributed by atoms with Crippen molar-refractivity contribution in [2.75, 3.05) is 19.4 Å². The second kappa shape index (κ2) is 6.00. The van der Waals surface area contributed by atoms with E-state index in [0.29, 0.717) is 6.42 Å². The average molecular weight is 255 g/mol. The molecule has 0 aliphatic carbocycles. The number of carbonyl (C=O) groups is 1. The number of hydrogen-bond donors (Lipinski definition) is 1. The second-order valence-corrected chi connectivity index (χ2v) is 4.53. The van der Waals surface area contributed by atoms with E-state index in [1.54, 1.807) is 31.4 Å². The van der Waals surface area contributed by atoms with Gasteiger partial charge in [-0.1, -0.05) is 12.1 Å². The van der Waals surface area contributed by atoms with Crippen LogP contribution in [0.15, 0.2) is 48.8 Å². The maximum Gasteiger partial charge on any atom is 0.226 e. The number of carbonyl (C=O) groups excluding carboxylic acids is 1. The molecule has 1 aromatic heterocycles. The highest BCUT2D eigenvalue weighted by Crippen LogP contribution is 2.16. The Bertz CT molecular complexity index is 535. The average Bonchev–Trinajstić information content (AvgIpc) is 2.42. The van der Waals surface area contributed by atoms with Crippen LogP contribution in [0.2, 0.25) is 0 Å². The number of nitrogens with zero attached hydrogens (tertiary/aromatic N) is 2. The molecule has 0 fully saturated rings. The number of anilines is 2. The third kappa shape index (κ3) is 3.81. The minimum atomic E-state index is 0.105. The molecule has 0 spiro atoms. The maximum atomic E-state index is 11.6. The van der Waals surface area contributed by atoms with Gasteiger partial charge in [-0.05, 0) is 29.8 Å². The van der Waals surface area contributed by atoms with Gasteiger partial charge in [-0.2, -0.15) is 0 Å². The molecule has 4 heteroatoms. The quantitative estimate of drug-likeness (QED) is 0.912. The molecule has 2 rings (SSSR count). The van der Waals surface area contributed by atoms with Gasteiger partial charge in [-0.3, -0.25) is 9.78 Å². The fourth-order valence-electron chi connectivity index (χ4n) is 1.64. The second-order valence-electron chi connectivity index (χ2n) is 4.53. The molecular formula is C15H17N3O. The Labute approximate surface area is 113 Å². The van der Waals surface area contributed by atoms with Crippen LogP contribution < -0.4 is 5.32 Å². The zero-order valence-electron chi connectivity index (χ0n) is 11.1. The van der Waals surface area contributed by atoms with Gasteiger partial charge in [0.15, 0.2) is 0 Å². The van der Waals surface area contributed by atoms with Crippen LogP contribution in [0.3, 0.4) is 0 Å². The lowest BCUT2D eigenvalue weighted by Gasteiger charge is -2.11. The smallest absolute Gasteiger partial charge is 0.226 e. The minimum Gasteiger partial charge on any atom is -0.354 e. The van der Waals surface area contributed by atoms with Gasteiger partial charge in [-0.15, -0.1) is 0 Å². The predicted molar refractivity (Wildman–Crippen MR) is 76.4 cm³/mol. The van der Waals surface area contributed by atoms with Gasteiger partial charge >= 0.3 is 0 Å². The molecule has 0 bridgehead atoms. The van der Waals surface area contributed by atoms with E-state index >= 15 is 0 Å². The van der Waals surface area contributed by atoms with Gasteiger partial charge in [0, 0.05) is 26.0 Å². The molecule has 0 unspecified atom stereocenters. The molecule has 98 valence electrons. The molecule has 4 nitrogen and oxygen atoms in total. The standard InChI is InChI=1S/C15H17N3O/c1-18(2)15(19)10-12-5-7-13(8-6-12)17-14-4-3-9-16-11-14/h3-9,11,17H,10H2,1-2H3. The molecule has 19 heavy (non-hydrogen) atoms. The number of amides is 1. The summed E-state index contributed by atoms with van der Waals surface area (Å²) >= 11 is 0. The number of rotatable bonds is 4. The van der Waals surface area contributed by atoms with Crippen LogP contribution in [-0.4, -0.2) is 29.9 Å². The van der Waals surface area contributed by atoms with Crippen LogP contribution in [0.5, 0.6) is 0 Å². The van der Waals surface area contributed by atoms with Crippen LogP contribution in [0.4, 0.5) is 11.4 Å². The predicted octanol–water partition coefficient (Wildman–Crippen LogP) is 2.46. The Kier molecular flexibility index (Phi) is 4.13. The molecule has 2 aromatic rings. The van der Waals surface area contributed by atoms with E-state index in [1.165, 1.54) is 0 Å². The van der Waals surface area contributed by atoms with Crippen molar-refractivity contribution < 1.29 is 4.79 Å². The molecule has 0 saturated heterocycles. The molecule has 0 radical (unpaired) electrons. The van der Waals surface area contributed by atoms with Crippen molar-refractivity contribution in [1.82, 2.24) is 9.88 Å². The van der Waals surface area contributed by atoms with E-state index < -0.39 is 0 Å². The number of hydrogen-bond acceptors (Lipinski definition) is 3. The van der Waals surface area contributed by atoms with Gasteiger partial charge in [-0.25, -0.2) is 0 Å². The molecule has 0 atom stereocenters. The summed E-state index contributed by atoms with van der Waals surface area (Å²) in [6.07, 6.45) is 3.94. The summed E-state index contributed by atoms with van der Waals surface area (Å²) in [4.78, 5) is 17.2. The van der Waals surface area contributed by atoms with Gasteiger partial charge in [0.25, 0.3) is 0 Å². The van der Waals surface area contributed by atoms with Crippen molar-refractivity contribution in [3.05, 3.63) is 54.4 Å². The fourth-order valence-corrected chi connectivity index (χ4v) is 1.64. The Morgan fingerprint density at radius 3 is 2.47 bits per heavy atom. The monoisotopic (exact) mass is 255 g/mol. The number of likely N-dealkylation sites (N-methyl/N-ethyl adjacent to an activating group) is 1. The Morgan fingerprint density at radius 2 is 1.89 bits per heavy atom. The van der Waals surface area contributed by atoms with Crippen LogP contribution >= 0.6 is 0 Å². The van der Waals surface area contributed by atoms with Crippen LogP contribution in [0, 0.1) is 0 Å². The van der Waals surface area contributed by atoms with Gasteiger partial charge in [0.05, 0.1) is 18.3 Å². The molecule has 1 N–H and O–H groups in total. The highest BCUT2D eigenvalue weighted by Gasteiger charge is 2.05. The van der Waals surface area contributed by atoms with E-state index in [1.807, 2.05) is 36.4 Å². The minimum absolute atomic E-state index is 0.105. The highest BCUT2D eigenvalue weighted by atomic mass is 16.2. The van der Waals surface area contributed by atoms with Crippen molar-refractivity contribution >= 4 is 17.3 Å². The molecular weight excluding hydrogens is 238 g/mol. The van der Waals surface area contributed by atoms with E-state index in [0.717, 1.165) is 16.9 Å². The summed E-state index contributed by atoms with van der Waals surface area (Å²) in [6, 6.07) is 11.7. The Hall–Kier alpha value is -2.36. The van der Waals surface area contributed by atoms with Crippen LogP contribution in [0.1, 0.15) is 5.56 Å². The van der Waals surface area contributed by atoms with Crippen LogP contribution in [-0.2, 0) is 11.2 Å². The maximum absolute atomic E-state index is 11.6. The first-order valence-electron chi connectivity index (χ1n) is 6.11. The largest absolute Gasteiger partial charge is 0.354 e. The molecule has 0 aliphatic rings. The lowest BCUT2D eigenvalue weighted by Crippen LogP contribution is -2.23. The van der Waals surface area contributed by atoms with E-state index in [4.69, 9.17) is 0 Å². The highest BCUT2D eigenvalue weighted by molar-refractivity contribution is 5.78. The lowest BCUT2D eigenvalue weighted by atomic mass is 10.1. The topological polar surface area (TPSA) is 45.2 Å². The molecule has 0 aliphatic heterocycles. The van der Waals surface area contributed by atoms with E-state index in [-0.39, 0.29) is 5.91 Å². The first-order chi connectivity index (χ1) is 9.15. The lowest BCUT2D eigenvalue weighted by molar-refractivity contribution is -0.127. The summed E-state index contributed by atoms with van der Waals surface area (Å²) < 4.78 is 0. The molecule has 1 heterocycles. The summed E-state index contributed by atoms with van der Waals surface area (Å²) in [5.74, 6) is 0.105. The van der Waals surface area contributed by atoms with E-state index in [9.17, 15) is 4.79 Å². The Morgan fingerprint density at radius 1 is 1.16 bits per heavy atom. The third-order valence-corrected chi connectivity index (χ3v) is 2.76. The molecule has 1 aromatic carbocycles. The zero-order valence-corrected chi connectivity index (χ0v) is 11.1. The van der Waals surface area contributed by atoms with Gasteiger partial charge < -0.3 is 10.2 Å². The Balaban J connectivity index is 2.01. The fraction of sp³-hybridized carbons (Fsp3) is 0.200. The number of aromatic nitrogens is 1. The molecule has 1 amide bonds. The normalized spacial score (nSPS) is 10.0. The van der Waals surface area contributed by atoms with Crippen molar-refractivity contribution in [3.63, 3.8) is 0 Å². The van der Waals surface area contributed by atoms with Gasteiger partial charge in [0.1, 0.15) is 0 Å². The third-order valence-electron chi connectivity index (χ3n) is 2.76. The van der Waals surface area contributed by atoms with Crippen molar-refractivity contribution in [2.24, 2.45) is 0 Å². The first kappa shape index (κ1) is 13.1. The van der Waals surface area contributed by atoms with Crippen molar-refractivity contribution in [2.45, 2.75) is 6.42 Å². The number of pyridine rings is 1. The zero-order chi connectivity index (χ0) is 13.7. The summed E-state index contributed by atoms with van der Waals surface area (Å²) in [5.41, 5.74) is 2.93. The first-order valence-corrected chi connectivity index (χ1v) is 6.11. The number of nitrogens with one attached hydrogen (secondary N) is 1. The molecule has 0 saturated carbocycles. The van der Waals surface area contributed by atoms with Gasteiger partial charge in [0.2, 0.25) is 5.91 Å². The summed E-state index contributed by atoms with van der Waals surface area (Å²) in [6.45, 7) is 0. The van der Waals surface area contributed by atoms with E-state index in [2.05, 4.69) is 10.3 Å². The summed E-state index contributed by atoms with van der Waals surface area (Å²) in [5, 5.41) is 3.25. The van der Waals surface area contributed by atoms with Crippen LogP contribution in [0.25, 0.3) is 0 Å².